The zero-order chi connectivity index (χ0) is 12.3. The zero-order valence-corrected chi connectivity index (χ0v) is 11.9. The Bertz CT molecular complexity index is 230. The van der Waals surface area contributed by atoms with Gasteiger partial charge < -0.3 is 5.73 Å². The normalized spacial score (nSPS) is 35.5. The first-order valence-corrected chi connectivity index (χ1v) is 7.93. The van der Waals surface area contributed by atoms with E-state index in [0.29, 0.717) is 11.5 Å². The molecule has 0 amide bonds. The van der Waals surface area contributed by atoms with Gasteiger partial charge in [-0.2, -0.15) is 0 Å². The van der Waals surface area contributed by atoms with E-state index in [1.54, 1.807) is 0 Å². The molecule has 1 nitrogen and oxygen atoms in total. The number of nitrogens with two attached hydrogens (primary N) is 1. The lowest BCUT2D eigenvalue weighted by molar-refractivity contribution is 0.0776. The van der Waals surface area contributed by atoms with Gasteiger partial charge in [0.1, 0.15) is 0 Å². The summed E-state index contributed by atoms with van der Waals surface area (Å²) in [4.78, 5) is 0. The maximum atomic E-state index is 6.72. The molecule has 2 aliphatic carbocycles. The van der Waals surface area contributed by atoms with Crippen molar-refractivity contribution in [3.8, 4) is 0 Å². The van der Waals surface area contributed by atoms with Crippen LogP contribution in [0.4, 0.5) is 0 Å². The minimum Gasteiger partial charge on any atom is -0.327 e. The first-order chi connectivity index (χ1) is 8.17. The van der Waals surface area contributed by atoms with Crippen LogP contribution in [0.5, 0.6) is 0 Å². The van der Waals surface area contributed by atoms with Gasteiger partial charge in [-0.1, -0.05) is 58.8 Å². The van der Waals surface area contributed by atoms with Crippen molar-refractivity contribution in [2.45, 2.75) is 84.1 Å². The van der Waals surface area contributed by atoms with Crippen LogP contribution in [0.15, 0.2) is 0 Å². The van der Waals surface area contributed by atoms with Crippen molar-refractivity contribution in [2.75, 3.05) is 0 Å². The second kappa shape index (κ2) is 5.73. The van der Waals surface area contributed by atoms with Crippen LogP contribution in [-0.4, -0.2) is 6.04 Å². The minimum atomic E-state index is 0.452. The third kappa shape index (κ3) is 2.86. The van der Waals surface area contributed by atoms with E-state index in [-0.39, 0.29) is 0 Å². The standard InChI is InChI=1S/C16H31N/c1-3-13-9-5-6-10-14(13)15(17)16(2)11-7-4-8-12-16/h13-15H,3-12,17H2,1-2H3. The molecule has 2 N–H and O–H groups in total. The quantitative estimate of drug-likeness (QED) is 0.768. The predicted molar refractivity (Wildman–Crippen MR) is 74.9 cm³/mol. The van der Waals surface area contributed by atoms with Gasteiger partial charge in [0.05, 0.1) is 0 Å². The fourth-order valence-corrected chi connectivity index (χ4v) is 4.43. The molecule has 0 aromatic carbocycles. The summed E-state index contributed by atoms with van der Waals surface area (Å²) in [5.41, 5.74) is 7.18. The van der Waals surface area contributed by atoms with Crippen LogP contribution in [0, 0.1) is 17.3 Å². The molecule has 0 saturated heterocycles. The number of hydrogen-bond acceptors (Lipinski definition) is 1. The Kier molecular flexibility index (Phi) is 4.52. The molecule has 3 unspecified atom stereocenters. The molecule has 0 aliphatic heterocycles. The summed E-state index contributed by atoms with van der Waals surface area (Å²) < 4.78 is 0. The summed E-state index contributed by atoms with van der Waals surface area (Å²) in [6.07, 6.45) is 14.0. The van der Waals surface area contributed by atoms with Gasteiger partial charge in [-0.3, -0.25) is 0 Å². The van der Waals surface area contributed by atoms with Gasteiger partial charge in [-0.25, -0.2) is 0 Å². The molecule has 2 rings (SSSR count). The van der Waals surface area contributed by atoms with E-state index in [4.69, 9.17) is 5.73 Å². The monoisotopic (exact) mass is 237 g/mol. The van der Waals surface area contributed by atoms with Crippen LogP contribution < -0.4 is 5.73 Å². The van der Waals surface area contributed by atoms with Crippen molar-refractivity contribution in [3.63, 3.8) is 0 Å². The van der Waals surface area contributed by atoms with Crippen LogP contribution in [0.3, 0.4) is 0 Å². The van der Waals surface area contributed by atoms with Gasteiger partial charge in [-0.15, -0.1) is 0 Å². The number of hydrogen-bond donors (Lipinski definition) is 1. The third-order valence-electron chi connectivity index (χ3n) is 5.75. The molecule has 17 heavy (non-hydrogen) atoms. The maximum Gasteiger partial charge on any atom is 0.0124 e. The van der Waals surface area contributed by atoms with E-state index in [9.17, 15) is 0 Å². The molecule has 3 atom stereocenters. The van der Waals surface area contributed by atoms with E-state index in [2.05, 4.69) is 13.8 Å². The number of rotatable bonds is 3. The molecule has 1 heteroatoms. The summed E-state index contributed by atoms with van der Waals surface area (Å²) in [7, 11) is 0. The van der Waals surface area contributed by atoms with Crippen LogP contribution in [-0.2, 0) is 0 Å². The molecule has 0 spiro atoms. The average molecular weight is 237 g/mol. The van der Waals surface area contributed by atoms with Crippen LogP contribution in [0.2, 0.25) is 0 Å². The maximum absolute atomic E-state index is 6.72. The van der Waals surface area contributed by atoms with Crippen LogP contribution in [0.25, 0.3) is 0 Å². The average Bonchev–Trinajstić information content (AvgIpc) is 2.38. The smallest absolute Gasteiger partial charge is 0.0124 e. The summed E-state index contributed by atoms with van der Waals surface area (Å²) in [6.45, 7) is 4.83. The lowest BCUT2D eigenvalue weighted by Gasteiger charge is -2.46. The predicted octanol–water partition coefficient (Wildman–Crippen LogP) is 4.50. The molecule has 0 aromatic rings. The Hall–Kier alpha value is -0.0400. The van der Waals surface area contributed by atoms with Crippen molar-refractivity contribution in [2.24, 2.45) is 23.0 Å². The molecule has 0 heterocycles. The molecule has 2 saturated carbocycles. The lowest BCUT2D eigenvalue weighted by atomic mass is 9.62. The first kappa shape index (κ1) is 13.4. The highest BCUT2D eigenvalue weighted by Crippen LogP contribution is 2.45. The second-order valence-electron chi connectivity index (χ2n) is 6.86. The van der Waals surface area contributed by atoms with Crippen molar-refractivity contribution < 1.29 is 0 Å². The Balaban J connectivity index is 2.03. The van der Waals surface area contributed by atoms with Gasteiger partial charge in [0.15, 0.2) is 0 Å². The Morgan fingerprint density at radius 1 is 1.06 bits per heavy atom. The van der Waals surface area contributed by atoms with Gasteiger partial charge in [0.25, 0.3) is 0 Å². The van der Waals surface area contributed by atoms with Crippen molar-refractivity contribution in [1.29, 1.82) is 0 Å². The molecular weight excluding hydrogens is 206 g/mol. The van der Waals surface area contributed by atoms with Crippen LogP contribution in [0.1, 0.15) is 78.1 Å². The lowest BCUT2D eigenvalue weighted by Crippen LogP contribution is -2.49. The van der Waals surface area contributed by atoms with E-state index in [1.165, 1.54) is 64.2 Å². The summed E-state index contributed by atoms with van der Waals surface area (Å²) in [5, 5.41) is 0. The minimum absolute atomic E-state index is 0.452. The molecular formula is C16H31N. The van der Waals surface area contributed by atoms with E-state index >= 15 is 0 Å². The van der Waals surface area contributed by atoms with Crippen molar-refractivity contribution in [1.82, 2.24) is 0 Å². The Morgan fingerprint density at radius 3 is 2.35 bits per heavy atom. The van der Waals surface area contributed by atoms with Crippen molar-refractivity contribution in [3.05, 3.63) is 0 Å². The summed E-state index contributed by atoms with van der Waals surface area (Å²) in [5.74, 6) is 1.73. The highest BCUT2D eigenvalue weighted by molar-refractivity contribution is 4.94. The van der Waals surface area contributed by atoms with E-state index < -0.39 is 0 Å². The van der Waals surface area contributed by atoms with E-state index in [0.717, 1.165) is 11.8 Å². The van der Waals surface area contributed by atoms with Gasteiger partial charge >= 0.3 is 0 Å². The molecule has 2 fully saturated rings. The molecule has 100 valence electrons. The second-order valence-corrected chi connectivity index (χ2v) is 6.86. The largest absolute Gasteiger partial charge is 0.327 e. The molecule has 0 radical (unpaired) electrons. The molecule has 2 aliphatic rings. The van der Waals surface area contributed by atoms with Crippen LogP contribution >= 0.6 is 0 Å². The zero-order valence-electron chi connectivity index (χ0n) is 11.9. The third-order valence-corrected chi connectivity index (χ3v) is 5.75. The highest BCUT2D eigenvalue weighted by Gasteiger charge is 2.40. The summed E-state index contributed by atoms with van der Waals surface area (Å²) >= 11 is 0. The van der Waals surface area contributed by atoms with Gasteiger partial charge in [0, 0.05) is 6.04 Å². The first-order valence-electron chi connectivity index (χ1n) is 7.93. The Labute approximate surface area is 108 Å². The SMILES string of the molecule is CCC1CCCCC1C(N)C1(C)CCCCC1. The van der Waals surface area contributed by atoms with Crippen molar-refractivity contribution >= 4 is 0 Å². The summed E-state index contributed by atoms with van der Waals surface area (Å²) in [6, 6.07) is 0.466. The fraction of sp³-hybridized carbons (Fsp3) is 1.00. The Morgan fingerprint density at radius 2 is 1.71 bits per heavy atom. The fourth-order valence-electron chi connectivity index (χ4n) is 4.43. The molecule has 0 aromatic heterocycles. The van der Waals surface area contributed by atoms with Gasteiger partial charge in [0.2, 0.25) is 0 Å². The van der Waals surface area contributed by atoms with Gasteiger partial charge in [-0.05, 0) is 36.5 Å². The van der Waals surface area contributed by atoms with E-state index in [1.807, 2.05) is 0 Å². The molecule has 0 bridgehead atoms. The highest BCUT2D eigenvalue weighted by atomic mass is 14.7. The topological polar surface area (TPSA) is 26.0 Å².